The molecule has 17 heavy (non-hydrogen) atoms. The standard InChI is InChI=1S/C10H10N4O3/c11-4-8-3-7(1-2-12-8)13-5-9(15)14-6-10(16)17/h1-3H,5-6H2,(H,12,13)(H,14,15)(H,16,17). The highest BCUT2D eigenvalue weighted by Crippen LogP contribution is 2.06. The maximum Gasteiger partial charge on any atom is 0.322 e. The third kappa shape index (κ3) is 4.61. The summed E-state index contributed by atoms with van der Waals surface area (Å²) in [6.45, 7) is -0.484. The lowest BCUT2D eigenvalue weighted by Crippen LogP contribution is -2.33. The maximum atomic E-state index is 11.2. The number of carbonyl (C=O) groups excluding carboxylic acids is 1. The molecule has 0 aliphatic rings. The van der Waals surface area contributed by atoms with Crippen LogP contribution in [0.5, 0.6) is 0 Å². The summed E-state index contributed by atoms with van der Waals surface area (Å²) in [5.74, 6) is -1.54. The van der Waals surface area contributed by atoms with Gasteiger partial charge in [0.2, 0.25) is 5.91 Å². The number of aromatic nitrogens is 1. The van der Waals surface area contributed by atoms with Gasteiger partial charge in [0.1, 0.15) is 18.3 Å². The molecule has 0 unspecified atom stereocenters. The predicted molar refractivity (Wildman–Crippen MR) is 58.1 cm³/mol. The molecule has 0 atom stereocenters. The smallest absolute Gasteiger partial charge is 0.322 e. The lowest BCUT2D eigenvalue weighted by atomic mass is 10.3. The summed E-state index contributed by atoms with van der Waals surface area (Å²) in [7, 11) is 0. The molecule has 1 amide bonds. The zero-order valence-corrected chi connectivity index (χ0v) is 8.80. The van der Waals surface area contributed by atoms with Crippen molar-refractivity contribution >= 4 is 17.6 Å². The summed E-state index contributed by atoms with van der Waals surface area (Å²) in [4.78, 5) is 25.1. The largest absolute Gasteiger partial charge is 0.480 e. The third-order valence-corrected chi connectivity index (χ3v) is 1.76. The highest BCUT2D eigenvalue weighted by molar-refractivity contribution is 5.84. The van der Waals surface area contributed by atoms with E-state index >= 15 is 0 Å². The van der Waals surface area contributed by atoms with E-state index in [0.717, 1.165) is 0 Å². The van der Waals surface area contributed by atoms with Gasteiger partial charge in [0.25, 0.3) is 0 Å². The van der Waals surface area contributed by atoms with E-state index in [2.05, 4.69) is 15.6 Å². The van der Waals surface area contributed by atoms with E-state index in [1.807, 2.05) is 6.07 Å². The van der Waals surface area contributed by atoms with Gasteiger partial charge in [0.05, 0.1) is 6.54 Å². The van der Waals surface area contributed by atoms with Gasteiger partial charge >= 0.3 is 5.97 Å². The molecule has 7 nitrogen and oxygen atoms in total. The first-order chi connectivity index (χ1) is 8.11. The van der Waals surface area contributed by atoms with Crippen LogP contribution in [0.2, 0.25) is 0 Å². The van der Waals surface area contributed by atoms with Crippen LogP contribution in [-0.2, 0) is 9.59 Å². The monoisotopic (exact) mass is 234 g/mol. The van der Waals surface area contributed by atoms with Gasteiger partial charge < -0.3 is 15.7 Å². The molecular weight excluding hydrogens is 224 g/mol. The second-order valence-corrected chi connectivity index (χ2v) is 3.07. The Labute approximate surface area is 97.1 Å². The van der Waals surface area contributed by atoms with Crippen LogP contribution in [0.15, 0.2) is 18.3 Å². The molecule has 0 spiro atoms. The van der Waals surface area contributed by atoms with Crippen molar-refractivity contribution in [3.05, 3.63) is 24.0 Å². The molecule has 88 valence electrons. The molecule has 0 aliphatic carbocycles. The lowest BCUT2D eigenvalue weighted by Gasteiger charge is -2.05. The Morgan fingerprint density at radius 2 is 2.24 bits per heavy atom. The number of nitrogens with zero attached hydrogens (tertiary/aromatic N) is 2. The number of aliphatic carboxylic acids is 1. The number of nitrogens with one attached hydrogen (secondary N) is 2. The molecule has 1 heterocycles. The van der Waals surface area contributed by atoms with Gasteiger partial charge in [-0.1, -0.05) is 0 Å². The van der Waals surface area contributed by atoms with Gasteiger partial charge in [-0.15, -0.1) is 0 Å². The highest BCUT2D eigenvalue weighted by atomic mass is 16.4. The van der Waals surface area contributed by atoms with Crippen LogP contribution in [0.1, 0.15) is 5.69 Å². The summed E-state index contributed by atoms with van der Waals surface area (Å²) < 4.78 is 0. The number of nitriles is 1. The molecule has 7 heteroatoms. The highest BCUT2D eigenvalue weighted by Gasteiger charge is 2.03. The maximum absolute atomic E-state index is 11.2. The van der Waals surface area contributed by atoms with Crippen molar-refractivity contribution in [2.75, 3.05) is 18.4 Å². The predicted octanol–water partition coefficient (Wildman–Crippen LogP) is -0.434. The zero-order valence-electron chi connectivity index (χ0n) is 8.80. The Bertz CT molecular complexity index is 467. The Hall–Kier alpha value is -2.62. The van der Waals surface area contributed by atoms with Crippen molar-refractivity contribution in [3.8, 4) is 6.07 Å². The zero-order chi connectivity index (χ0) is 12.7. The number of rotatable bonds is 5. The van der Waals surface area contributed by atoms with Crippen LogP contribution in [0.3, 0.4) is 0 Å². The second-order valence-electron chi connectivity index (χ2n) is 3.07. The molecule has 0 aromatic carbocycles. The molecule has 0 bridgehead atoms. The van der Waals surface area contributed by atoms with E-state index in [1.54, 1.807) is 6.07 Å². The first-order valence-electron chi connectivity index (χ1n) is 4.70. The molecule has 1 rings (SSSR count). The van der Waals surface area contributed by atoms with E-state index in [-0.39, 0.29) is 12.2 Å². The fraction of sp³-hybridized carbons (Fsp3) is 0.200. The Morgan fingerprint density at radius 1 is 1.47 bits per heavy atom. The van der Waals surface area contributed by atoms with Crippen molar-refractivity contribution in [2.24, 2.45) is 0 Å². The summed E-state index contributed by atoms with van der Waals surface area (Å²) in [5.41, 5.74) is 0.808. The number of anilines is 1. The van der Waals surface area contributed by atoms with Gasteiger partial charge in [-0.25, -0.2) is 4.98 Å². The van der Waals surface area contributed by atoms with Gasteiger partial charge in [0.15, 0.2) is 0 Å². The minimum atomic E-state index is -1.10. The SMILES string of the molecule is N#Cc1cc(NCC(=O)NCC(=O)O)ccn1. The summed E-state index contributed by atoms with van der Waals surface area (Å²) in [6, 6.07) is 4.96. The van der Waals surface area contributed by atoms with Gasteiger partial charge in [-0.3, -0.25) is 9.59 Å². The number of hydrogen-bond donors (Lipinski definition) is 3. The molecule has 0 saturated heterocycles. The van der Waals surface area contributed by atoms with Crippen molar-refractivity contribution in [1.82, 2.24) is 10.3 Å². The quantitative estimate of drug-likeness (QED) is 0.636. The first-order valence-corrected chi connectivity index (χ1v) is 4.70. The van der Waals surface area contributed by atoms with Crippen LogP contribution in [0.4, 0.5) is 5.69 Å². The number of amides is 1. The van der Waals surface area contributed by atoms with E-state index in [4.69, 9.17) is 10.4 Å². The van der Waals surface area contributed by atoms with Gasteiger partial charge in [-0.05, 0) is 12.1 Å². The molecule has 1 aromatic heterocycles. The van der Waals surface area contributed by atoms with Crippen LogP contribution < -0.4 is 10.6 Å². The minimum absolute atomic E-state index is 0.0673. The topological polar surface area (TPSA) is 115 Å². The van der Waals surface area contributed by atoms with Crippen LogP contribution >= 0.6 is 0 Å². The normalized spacial score (nSPS) is 9.12. The average molecular weight is 234 g/mol. The Kier molecular flexibility index (Phi) is 4.45. The van der Waals surface area contributed by atoms with Crippen LogP contribution in [0.25, 0.3) is 0 Å². The van der Waals surface area contributed by atoms with E-state index in [0.29, 0.717) is 5.69 Å². The number of carboxylic acids is 1. The molecule has 3 N–H and O–H groups in total. The van der Waals surface area contributed by atoms with Crippen molar-refractivity contribution < 1.29 is 14.7 Å². The number of pyridine rings is 1. The lowest BCUT2D eigenvalue weighted by molar-refractivity contribution is -0.137. The number of carbonyl (C=O) groups is 2. The molecule has 0 radical (unpaired) electrons. The number of hydrogen-bond acceptors (Lipinski definition) is 5. The van der Waals surface area contributed by atoms with Crippen molar-refractivity contribution in [1.29, 1.82) is 5.26 Å². The Balaban J connectivity index is 2.42. The first kappa shape index (κ1) is 12.4. The van der Waals surface area contributed by atoms with E-state index in [9.17, 15) is 9.59 Å². The van der Waals surface area contributed by atoms with Gasteiger partial charge in [-0.2, -0.15) is 5.26 Å². The summed E-state index contributed by atoms with van der Waals surface area (Å²) >= 11 is 0. The van der Waals surface area contributed by atoms with Gasteiger partial charge in [0, 0.05) is 11.9 Å². The fourth-order valence-electron chi connectivity index (χ4n) is 1.02. The summed E-state index contributed by atoms with van der Waals surface area (Å²) in [5, 5.41) is 21.9. The average Bonchev–Trinajstić information content (AvgIpc) is 2.34. The molecule has 0 saturated carbocycles. The third-order valence-electron chi connectivity index (χ3n) is 1.76. The van der Waals surface area contributed by atoms with Crippen LogP contribution in [0, 0.1) is 11.3 Å². The minimum Gasteiger partial charge on any atom is -0.480 e. The summed E-state index contributed by atoms with van der Waals surface area (Å²) in [6.07, 6.45) is 1.44. The van der Waals surface area contributed by atoms with Crippen LogP contribution in [-0.4, -0.2) is 35.1 Å². The Morgan fingerprint density at radius 3 is 2.88 bits per heavy atom. The second kappa shape index (κ2) is 6.07. The number of carboxylic acid groups (broad SMARTS) is 1. The molecule has 0 aliphatic heterocycles. The van der Waals surface area contributed by atoms with E-state index < -0.39 is 18.4 Å². The molecular formula is C10H10N4O3. The van der Waals surface area contributed by atoms with E-state index in [1.165, 1.54) is 12.3 Å². The molecule has 0 fully saturated rings. The van der Waals surface area contributed by atoms with Crippen molar-refractivity contribution in [3.63, 3.8) is 0 Å². The fourth-order valence-corrected chi connectivity index (χ4v) is 1.02. The molecule has 1 aromatic rings. The van der Waals surface area contributed by atoms with Crippen molar-refractivity contribution in [2.45, 2.75) is 0 Å².